The van der Waals surface area contributed by atoms with Gasteiger partial charge in [-0.2, -0.15) is 0 Å². The Balaban J connectivity index is 1.56. The van der Waals surface area contributed by atoms with Gasteiger partial charge in [-0.25, -0.2) is 0 Å². The third kappa shape index (κ3) is 4.26. The first-order valence-corrected chi connectivity index (χ1v) is 9.67. The van der Waals surface area contributed by atoms with E-state index in [1.54, 1.807) is 19.1 Å². The van der Waals surface area contributed by atoms with E-state index in [1.165, 1.54) is 5.56 Å². The second-order valence-electron chi connectivity index (χ2n) is 7.63. The normalized spacial score (nSPS) is 24.8. The highest BCUT2D eigenvalue weighted by atomic mass is 16.5. The molecule has 26 heavy (non-hydrogen) atoms. The van der Waals surface area contributed by atoms with Crippen molar-refractivity contribution < 1.29 is 14.3 Å². The van der Waals surface area contributed by atoms with Crippen LogP contribution in [0.2, 0.25) is 0 Å². The number of piperidine rings is 2. The SMILES string of the molecule is COC[C@@H]1[C@H](C(=O)N2CCC(Cc3ccccc3)CC2)CCC(=O)N1C. The molecule has 5 nitrogen and oxygen atoms in total. The molecule has 0 unspecified atom stereocenters. The third-order valence-corrected chi connectivity index (χ3v) is 5.97. The maximum absolute atomic E-state index is 13.1. The Kier molecular flexibility index (Phi) is 6.30. The number of carbonyl (C=O) groups excluding carboxylic acids is 2. The molecule has 0 bridgehead atoms. The fourth-order valence-electron chi connectivity index (χ4n) is 4.33. The van der Waals surface area contributed by atoms with Crippen molar-refractivity contribution in [1.29, 1.82) is 0 Å². The highest BCUT2D eigenvalue weighted by Gasteiger charge is 2.40. The van der Waals surface area contributed by atoms with Gasteiger partial charge in [0.1, 0.15) is 0 Å². The molecule has 1 aromatic carbocycles. The average Bonchev–Trinajstić information content (AvgIpc) is 2.67. The number of hydrogen-bond donors (Lipinski definition) is 0. The molecule has 2 atom stereocenters. The first-order chi connectivity index (χ1) is 12.6. The molecule has 142 valence electrons. The van der Waals surface area contributed by atoms with E-state index in [-0.39, 0.29) is 23.8 Å². The van der Waals surface area contributed by atoms with E-state index < -0.39 is 0 Å². The van der Waals surface area contributed by atoms with Gasteiger partial charge in [0.2, 0.25) is 11.8 Å². The van der Waals surface area contributed by atoms with E-state index in [0.29, 0.717) is 25.4 Å². The number of rotatable bonds is 5. The average molecular weight is 358 g/mol. The lowest BCUT2D eigenvalue weighted by Gasteiger charge is -2.41. The van der Waals surface area contributed by atoms with Gasteiger partial charge in [-0.3, -0.25) is 9.59 Å². The molecule has 2 amide bonds. The van der Waals surface area contributed by atoms with Gasteiger partial charge < -0.3 is 14.5 Å². The number of ether oxygens (including phenoxy) is 1. The number of nitrogens with zero attached hydrogens (tertiary/aromatic N) is 2. The Hall–Kier alpha value is -1.88. The Morgan fingerprint density at radius 1 is 1.15 bits per heavy atom. The molecule has 0 spiro atoms. The van der Waals surface area contributed by atoms with Crippen LogP contribution in [-0.2, 0) is 20.7 Å². The van der Waals surface area contributed by atoms with Gasteiger partial charge in [-0.1, -0.05) is 30.3 Å². The predicted molar refractivity (Wildman–Crippen MR) is 101 cm³/mol. The Labute approximate surface area is 156 Å². The first-order valence-electron chi connectivity index (χ1n) is 9.67. The number of likely N-dealkylation sites (N-methyl/N-ethyl adjacent to an activating group) is 1. The van der Waals surface area contributed by atoms with Gasteiger partial charge >= 0.3 is 0 Å². The number of hydrogen-bond acceptors (Lipinski definition) is 3. The fraction of sp³-hybridized carbons (Fsp3) is 0.619. The topological polar surface area (TPSA) is 49.9 Å². The van der Waals surface area contributed by atoms with E-state index in [4.69, 9.17) is 4.74 Å². The van der Waals surface area contributed by atoms with Crippen molar-refractivity contribution >= 4 is 11.8 Å². The van der Waals surface area contributed by atoms with Crippen LogP contribution >= 0.6 is 0 Å². The molecule has 2 heterocycles. The molecular formula is C21H30N2O3. The number of likely N-dealkylation sites (tertiary alicyclic amines) is 2. The zero-order valence-corrected chi connectivity index (χ0v) is 15.9. The summed E-state index contributed by atoms with van der Waals surface area (Å²) in [5.41, 5.74) is 1.38. The minimum atomic E-state index is -0.143. The zero-order valence-electron chi connectivity index (χ0n) is 15.9. The summed E-state index contributed by atoms with van der Waals surface area (Å²) >= 11 is 0. The molecule has 2 aliphatic rings. The van der Waals surface area contributed by atoms with Crippen molar-refractivity contribution in [2.45, 2.75) is 38.1 Å². The molecule has 1 aromatic rings. The van der Waals surface area contributed by atoms with Gasteiger partial charge in [0, 0.05) is 33.7 Å². The monoisotopic (exact) mass is 358 g/mol. The molecule has 0 aromatic heterocycles. The lowest BCUT2D eigenvalue weighted by atomic mass is 9.86. The van der Waals surface area contributed by atoms with Crippen molar-refractivity contribution in [1.82, 2.24) is 9.80 Å². The summed E-state index contributed by atoms with van der Waals surface area (Å²) in [7, 11) is 3.42. The van der Waals surface area contributed by atoms with Crippen LogP contribution in [0.1, 0.15) is 31.2 Å². The van der Waals surface area contributed by atoms with Crippen LogP contribution in [0.25, 0.3) is 0 Å². The van der Waals surface area contributed by atoms with Gasteiger partial charge in [0.15, 0.2) is 0 Å². The van der Waals surface area contributed by atoms with Gasteiger partial charge in [0.05, 0.1) is 18.6 Å². The molecule has 3 rings (SSSR count). The second kappa shape index (κ2) is 8.67. The quantitative estimate of drug-likeness (QED) is 0.812. The largest absolute Gasteiger partial charge is 0.383 e. The Morgan fingerprint density at radius 2 is 1.85 bits per heavy atom. The molecule has 0 N–H and O–H groups in total. The van der Waals surface area contributed by atoms with Crippen molar-refractivity contribution in [3.63, 3.8) is 0 Å². The van der Waals surface area contributed by atoms with Gasteiger partial charge in [0.25, 0.3) is 0 Å². The summed E-state index contributed by atoms with van der Waals surface area (Å²) in [6.07, 6.45) is 4.29. The maximum atomic E-state index is 13.1. The summed E-state index contributed by atoms with van der Waals surface area (Å²) in [5, 5.41) is 0. The van der Waals surface area contributed by atoms with Gasteiger partial charge in [-0.15, -0.1) is 0 Å². The lowest BCUT2D eigenvalue weighted by Crippen LogP contribution is -2.55. The highest BCUT2D eigenvalue weighted by Crippen LogP contribution is 2.28. The zero-order chi connectivity index (χ0) is 18.5. The molecular weight excluding hydrogens is 328 g/mol. The van der Waals surface area contributed by atoms with Crippen LogP contribution in [0.3, 0.4) is 0 Å². The van der Waals surface area contributed by atoms with E-state index in [9.17, 15) is 9.59 Å². The van der Waals surface area contributed by atoms with E-state index in [2.05, 4.69) is 24.3 Å². The summed E-state index contributed by atoms with van der Waals surface area (Å²) in [4.78, 5) is 28.8. The Morgan fingerprint density at radius 3 is 2.50 bits per heavy atom. The van der Waals surface area contributed by atoms with E-state index in [0.717, 1.165) is 32.4 Å². The minimum absolute atomic E-state index is 0.109. The lowest BCUT2D eigenvalue weighted by molar-refractivity contribution is -0.149. The smallest absolute Gasteiger partial charge is 0.227 e. The van der Waals surface area contributed by atoms with Crippen LogP contribution in [0.4, 0.5) is 0 Å². The number of carbonyl (C=O) groups is 2. The number of benzene rings is 1. The fourth-order valence-corrected chi connectivity index (χ4v) is 4.33. The highest BCUT2D eigenvalue weighted by molar-refractivity contribution is 5.84. The van der Waals surface area contributed by atoms with Crippen molar-refractivity contribution in [3.8, 4) is 0 Å². The van der Waals surface area contributed by atoms with Crippen LogP contribution < -0.4 is 0 Å². The molecule has 0 radical (unpaired) electrons. The minimum Gasteiger partial charge on any atom is -0.383 e. The van der Waals surface area contributed by atoms with Crippen LogP contribution in [0.15, 0.2) is 30.3 Å². The summed E-state index contributed by atoms with van der Waals surface area (Å²) < 4.78 is 5.29. The maximum Gasteiger partial charge on any atom is 0.227 e. The third-order valence-electron chi connectivity index (χ3n) is 5.97. The van der Waals surface area contributed by atoms with Crippen molar-refractivity contribution in [2.24, 2.45) is 11.8 Å². The summed E-state index contributed by atoms with van der Waals surface area (Å²) in [5.74, 6) is 0.817. The molecule has 5 heteroatoms. The molecule has 0 saturated carbocycles. The predicted octanol–water partition coefficient (Wildman–Crippen LogP) is 2.35. The van der Waals surface area contributed by atoms with Crippen LogP contribution in [0.5, 0.6) is 0 Å². The Bertz CT molecular complexity index is 611. The molecule has 2 fully saturated rings. The second-order valence-corrected chi connectivity index (χ2v) is 7.63. The number of methoxy groups -OCH3 is 1. The standard InChI is InChI=1S/C21H30N2O3/c1-22-19(15-26-2)18(8-9-20(22)24)21(25)23-12-10-17(11-13-23)14-16-6-4-3-5-7-16/h3-7,17-19H,8-15H2,1-2H3/t18-,19-/m1/s1. The van der Waals surface area contributed by atoms with Crippen LogP contribution in [0, 0.1) is 11.8 Å². The first kappa shape index (κ1) is 18.9. The van der Waals surface area contributed by atoms with E-state index >= 15 is 0 Å². The molecule has 0 aliphatic carbocycles. The summed E-state index contributed by atoms with van der Waals surface area (Å²) in [6.45, 7) is 2.07. The van der Waals surface area contributed by atoms with Gasteiger partial charge in [-0.05, 0) is 37.2 Å². The molecule has 2 aliphatic heterocycles. The summed E-state index contributed by atoms with van der Waals surface area (Å²) in [6, 6.07) is 10.4. The van der Waals surface area contributed by atoms with E-state index in [1.807, 2.05) is 11.0 Å². The molecule has 2 saturated heterocycles. The van der Waals surface area contributed by atoms with Crippen molar-refractivity contribution in [3.05, 3.63) is 35.9 Å². The number of amides is 2. The van der Waals surface area contributed by atoms with Crippen LogP contribution in [-0.4, -0.2) is 61.5 Å². The van der Waals surface area contributed by atoms with Crippen molar-refractivity contribution in [2.75, 3.05) is 33.9 Å².